The number of carbonyl (C=O) groups excluding carboxylic acids is 1. The molecule has 24 heavy (non-hydrogen) atoms. The maximum atomic E-state index is 11.9. The van der Waals surface area contributed by atoms with Gasteiger partial charge in [0.05, 0.1) is 6.61 Å². The van der Waals surface area contributed by atoms with Crippen LogP contribution in [0.2, 0.25) is 0 Å². The van der Waals surface area contributed by atoms with Crippen LogP contribution in [0.15, 0.2) is 24.5 Å². The zero-order chi connectivity index (χ0) is 17.9. The summed E-state index contributed by atoms with van der Waals surface area (Å²) in [4.78, 5) is 21.1. The normalized spacial score (nSPS) is 29.2. The van der Waals surface area contributed by atoms with Crippen LogP contribution in [-0.4, -0.2) is 52.8 Å². The van der Waals surface area contributed by atoms with Crippen LogP contribution < -0.4 is 4.57 Å². The van der Waals surface area contributed by atoms with Crippen molar-refractivity contribution in [1.29, 1.82) is 0 Å². The minimum absolute atomic E-state index is 0.240. The highest BCUT2D eigenvalue weighted by atomic mass is 31.2. The molecule has 1 fully saturated rings. The number of pyridine rings is 1. The van der Waals surface area contributed by atoms with Gasteiger partial charge < -0.3 is 19.8 Å². The van der Waals surface area contributed by atoms with E-state index in [0.717, 1.165) is 6.66 Å². The van der Waals surface area contributed by atoms with E-state index in [9.17, 15) is 24.5 Å². The van der Waals surface area contributed by atoms with Gasteiger partial charge >= 0.3 is 13.6 Å². The zero-order valence-corrected chi connectivity index (χ0v) is 14.2. The standard InChI is InChI=1S/C14H20NO8P/c1-3-7-21-13(18)9-5-4-6-15(8-9)12-10(16)11(17)14(22-12)23-24(2,19)20/h4-6,8,10-12,14,16-17H,3,7H2,1-2H3/p+1/t10-,11+,12+,14+/m0/s1. The van der Waals surface area contributed by atoms with Crippen LogP contribution in [0.4, 0.5) is 0 Å². The molecule has 9 nitrogen and oxygen atoms in total. The number of nitrogens with zero attached hydrogens (tertiary/aromatic N) is 1. The molecule has 1 aliphatic rings. The largest absolute Gasteiger partial charge is 0.462 e. The van der Waals surface area contributed by atoms with Gasteiger partial charge in [-0.05, 0) is 12.5 Å². The first-order valence-electron chi connectivity index (χ1n) is 7.41. The van der Waals surface area contributed by atoms with E-state index in [2.05, 4.69) is 0 Å². The average molecular weight is 362 g/mol. The Morgan fingerprint density at radius 1 is 1.42 bits per heavy atom. The van der Waals surface area contributed by atoms with Crippen LogP contribution in [0, 0.1) is 0 Å². The predicted octanol–water partition coefficient (Wildman–Crippen LogP) is -0.0506. The van der Waals surface area contributed by atoms with Crippen molar-refractivity contribution in [2.24, 2.45) is 0 Å². The van der Waals surface area contributed by atoms with E-state index in [1.54, 1.807) is 6.07 Å². The predicted molar refractivity (Wildman–Crippen MR) is 80.0 cm³/mol. The van der Waals surface area contributed by atoms with Crippen LogP contribution in [0.1, 0.15) is 29.9 Å². The van der Waals surface area contributed by atoms with Crippen molar-refractivity contribution >= 4 is 13.6 Å². The van der Waals surface area contributed by atoms with Crippen molar-refractivity contribution in [3.8, 4) is 0 Å². The Kier molecular flexibility index (Phi) is 6.08. The molecule has 0 saturated carbocycles. The lowest BCUT2D eigenvalue weighted by atomic mass is 10.2. The Morgan fingerprint density at radius 2 is 2.12 bits per heavy atom. The first-order valence-corrected chi connectivity index (χ1v) is 9.43. The monoisotopic (exact) mass is 362 g/mol. The quantitative estimate of drug-likeness (QED) is 0.365. The zero-order valence-electron chi connectivity index (χ0n) is 13.3. The number of carbonyl (C=O) groups is 1. The number of rotatable bonds is 6. The summed E-state index contributed by atoms with van der Waals surface area (Å²) in [5.74, 6) is -0.527. The van der Waals surface area contributed by atoms with Crippen LogP contribution in [0.25, 0.3) is 0 Å². The molecule has 1 aromatic rings. The fraction of sp³-hybridized carbons (Fsp3) is 0.571. The third-order valence-corrected chi connectivity index (χ3v) is 3.88. The molecule has 0 amide bonds. The highest BCUT2D eigenvalue weighted by Gasteiger charge is 2.50. The van der Waals surface area contributed by atoms with Gasteiger partial charge in [-0.2, -0.15) is 4.57 Å². The topological polar surface area (TPSA) is 126 Å². The number of aliphatic hydroxyl groups excluding tert-OH is 2. The third-order valence-electron chi connectivity index (χ3n) is 3.28. The average Bonchev–Trinajstić information content (AvgIpc) is 2.79. The van der Waals surface area contributed by atoms with Gasteiger partial charge in [0, 0.05) is 12.7 Å². The molecular formula is C14H21NO8P+. The molecule has 0 aliphatic carbocycles. The van der Waals surface area contributed by atoms with Gasteiger partial charge in [0.15, 0.2) is 18.5 Å². The van der Waals surface area contributed by atoms with Crippen molar-refractivity contribution < 1.29 is 43.0 Å². The molecule has 2 heterocycles. The molecule has 0 radical (unpaired) electrons. The number of esters is 1. The second-order valence-electron chi connectivity index (χ2n) is 5.46. The van der Waals surface area contributed by atoms with E-state index in [4.69, 9.17) is 14.0 Å². The van der Waals surface area contributed by atoms with E-state index >= 15 is 0 Å². The summed E-state index contributed by atoms with van der Waals surface area (Å²) in [7, 11) is -3.91. The van der Waals surface area contributed by atoms with E-state index in [1.165, 1.54) is 23.0 Å². The fourth-order valence-electron chi connectivity index (χ4n) is 2.20. The summed E-state index contributed by atoms with van der Waals surface area (Å²) in [6, 6.07) is 3.09. The van der Waals surface area contributed by atoms with Crippen molar-refractivity contribution in [3.63, 3.8) is 0 Å². The molecule has 0 aromatic carbocycles. The minimum atomic E-state index is -3.91. The maximum absolute atomic E-state index is 11.9. The lowest BCUT2D eigenvalue weighted by molar-refractivity contribution is -0.767. The Bertz CT molecular complexity index is 633. The second-order valence-corrected chi connectivity index (χ2v) is 7.28. The van der Waals surface area contributed by atoms with E-state index in [0.29, 0.717) is 6.42 Å². The van der Waals surface area contributed by atoms with Crippen LogP contribution in [-0.2, 0) is 18.6 Å². The molecule has 1 unspecified atom stereocenters. The molecular weight excluding hydrogens is 341 g/mol. The molecule has 1 aliphatic heterocycles. The SMILES string of the molecule is CCCOC(=O)c1ccc[n+]([C@@H]2O[C@H](OP(C)(=O)O)[C@H](O)[C@@H]2O)c1. The smallest absolute Gasteiger partial charge is 0.344 e. The van der Waals surface area contributed by atoms with Gasteiger partial charge in [-0.1, -0.05) is 6.92 Å². The summed E-state index contributed by atoms with van der Waals surface area (Å²) in [5, 5.41) is 20.0. The van der Waals surface area contributed by atoms with Gasteiger partial charge in [0.25, 0.3) is 6.23 Å². The maximum Gasteiger partial charge on any atom is 0.344 e. The summed E-state index contributed by atoms with van der Waals surface area (Å²) in [5.41, 5.74) is 0.240. The van der Waals surface area contributed by atoms with Gasteiger partial charge in [-0.15, -0.1) is 0 Å². The minimum Gasteiger partial charge on any atom is -0.462 e. The Morgan fingerprint density at radius 3 is 2.75 bits per heavy atom. The molecule has 0 bridgehead atoms. The van der Waals surface area contributed by atoms with Crippen molar-refractivity contribution in [2.75, 3.05) is 13.3 Å². The van der Waals surface area contributed by atoms with Gasteiger partial charge in [0.1, 0.15) is 11.7 Å². The molecule has 3 N–H and O–H groups in total. The molecule has 1 saturated heterocycles. The van der Waals surface area contributed by atoms with Gasteiger partial charge in [-0.3, -0.25) is 13.8 Å². The second kappa shape index (κ2) is 7.69. The fourth-order valence-corrected chi connectivity index (χ4v) is 2.76. The van der Waals surface area contributed by atoms with Crippen LogP contribution in [0.3, 0.4) is 0 Å². The molecule has 2 rings (SSSR count). The first kappa shape index (κ1) is 19.0. The lowest BCUT2D eigenvalue weighted by Crippen LogP contribution is -2.46. The highest BCUT2D eigenvalue weighted by Crippen LogP contribution is 2.42. The van der Waals surface area contributed by atoms with E-state index < -0.39 is 38.3 Å². The number of hydrogen-bond donors (Lipinski definition) is 3. The molecule has 1 aromatic heterocycles. The first-order chi connectivity index (χ1) is 11.2. The van der Waals surface area contributed by atoms with E-state index in [-0.39, 0.29) is 12.2 Å². The lowest BCUT2D eigenvalue weighted by Gasteiger charge is -2.15. The van der Waals surface area contributed by atoms with Gasteiger partial charge in [-0.25, -0.2) is 4.79 Å². The summed E-state index contributed by atoms with van der Waals surface area (Å²) >= 11 is 0. The Hall–Kier alpha value is -1.35. The molecule has 10 heteroatoms. The summed E-state index contributed by atoms with van der Waals surface area (Å²) in [6.07, 6.45) is -1.88. The molecule has 0 spiro atoms. The number of ether oxygens (including phenoxy) is 2. The summed E-state index contributed by atoms with van der Waals surface area (Å²) in [6.45, 7) is 3.10. The van der Waals surface area contributed by atoms with Crippen LogP contribution >= 0.6 is 7.60 Å². The Labute approximate surface area is 138 Å². The number of hydrogen-bond acceptors (Lipinski definition) is 7. The third kappa shape index (κ3) is 4.60. The van der Waals surface area contributed by atoms with Crippen LogP contribution in [0.5, 0.6) is 0 Å². The molecule has 5 atom stereocenters. The number of aromatic nitrogens is 1. The number of aliphatic hydroxyl groups is 2. The van der Waals surface area contributed by atoms with E-state index in [1.807, 2.05) is 6.92 Å². The van der Waals surface area contributed by atoms with Gasteiger partial charge in [0.2, 0.25) is 6.29 Å². The highest BCUT2D eigenvalue weighted by molar-refractivity contribution is 7.51. The van der Waals surface area contributed by atoms with Crippen molar-refractivity contribution in [1.82, 2.24) is 0 Å². The molecule has 134 valence electrons. The van der Waals surface area contributed by atoms with Crippen molar-refractivity contribution in [2.45, 2.75) is 38.1 Å². The van der Waals surface area contributed by atoms with Crippen molar-refractivity contribution in [3.05, 3.63) is 30.1 Å². The Balaban J connectivity index is 2.16. The summed E-state index contributed by atoms with van der Waals surface area (Å²) < 4.78 is 27.7.